The molecule has 1 aliphatic rings. The Morgan fingerprint density at radius 1 is 1.15 bits per heavy atom. The predicted molar refractivity (Wildman–Crippen MR) is 106 cm³/mol. The maximum Gasteiger partial charge on any atom is 0.0657 e. The maximum absolute atomic E-state index is 9.45. The Labute approximate surface area is 155 Å². The van der Waals surface area contributed by atoms with Crippen molar-refractivity contribution in [1.82, 2.24) is 9.88 Å². The molecule has 1 N–H and O–H groups in total. The van der Waals surface area contributed by atoms with Crippen LogP contribution in [-0.2, 0) is 6.54 Å². The fourth-order valence-corrected chi connectivity index (χ4v) is 4.40. The quantitative estimate of drug-likeness (QED) is 0.705. The van der Waals surface area contributed by atoms with E-state index < -0.39 is 0 Å². The van der Waals surface area contributed by atoms with Gasteiger partial charge in [0, 0.05) is 42.1 Å². The van der Waals surface area contributed by atoms with Gasteiger partial charge in [-0.3, -0.25) is 4.90 Å². The lowest BCUT2D eigenvalue weighted by Crippen LogP contribution is -2.36. The highest BCUT2D eigenvalue weighted by Gasteiger charge is 2.30. The molecular weight excluding hydrogens is 318 g/mol. The zero-order valence-electron chi connectivity index (χ0n) is 15.5. The molecule has 1 saturated heterocycles. The molecule has 0 bridgehead atoms. The van der Waals surface area contributed by atoms with E-state index in [9.17, 15) is 5.26 Å². The van der Waals surface area contributed by atoms with Crippen LogP contribution in [0, 0.1) is 31.1 Å². The highest BCUT2D eigenvalue weighted by Crippen LogP contribution is 2.36. The summed E-state index contributed by atoms with van der Waals surface area (Å²) in [4.78, 5) is 5.95. The summed E-state index contributed by atoms with van der Waals surface area (Å²) in [6, 6.07) is 18.0. The molecule has 3 nitrogen and oxygen atoms in total. The van der Waals surface area contributed by atoms with Crippen LogP contribution in [0.1, 0.15) is 41.1 Å². The van der Waals surface area contributed by atoms with Crippen LogP contribution in [0.25, 0.3) is 10.9 Å². The number of aromatic nitrogens is 1. The summed E-state index contributed by atoms with van der Waals surface area (Å²) < 4.78 is 0. The van der Waals surface area contributed by atoms with Gasteiger partial charge in [0.05, 0.1) is 6.07 Å². The third-order valence-corrected chi connectivity index (χ3v) is 5.82. The van der Waals surface area contributed by atoms with Crippen LogP contribution in [-0.4, -0.2) is 16.4 Å². The van der Waals surface area contributed by atoms with Crippen LogP contribution >= 0.6 is 0 Å². The van der Waals surface area contributed by atoms with Gasteiger partial charge < -0.3 is 4.98 Å². The third kappa shape index (κ3) is 3.02. The lowest BCUT2D eigenvalue weighted by Gasteiger charge is -2.38. The fraction of sp³-hybridized carbons (Fsp3) is 0.348. The van der Waals surface area contributed by atoms with Crippen molar-refractivity contribution in [2.45, 2.75) is 39.3 Å². The molecule has 132 valence electrons. The number of fused-ring (bicyclic) bond motifs is 1. The van der Waals surface area contributed by atoms with Crippen molar-refractivity contribution >= 4 is 10.9 Å². The molecule has 4 rings (SSSR count). The summed E-state index contributed by atoms with van der Waals surface area (Å²) in [6.07, 6.45) is 3.92. The molecule has 2 unspecified atom stereocenters. The number of benzene rings is 2. The Kier molecular flexibility index (Phi) is 4.53. The Hall–Kier alpha value is -2.57. The number of rotatable bonds is 3. The van der Waals surface area contributed by atoms with Gasteiger partial charge in [-0.2, -0.15) is 5.26 Å². The van der Waals surface area contributed by atoms with Crippen molar-refractivity contribution in [3.63, 3.8) is 0 Å². The van der Waals surface area contributed by atoms with E-state index in [1.54, 1.807) is 0 Å². The predicted octanol–water partition coefficient (Wildman–Crippen LogP) is 5.26. The van der Waals surface area contributed by atoms with Gasteiger partial charge in [0.1, 0.15) is 0 Å². The van der Waals surface area contributed by atoms with Crippen LogP contribution in [0.2, 0.25) is 0 Å². The molecule has 0 aliphatic carbocycles. The largest absolute Gasteiger partial charge is 0.361 e. The van der Waals surface area contributed by atoms with Gasteiger partial charge in [-0.05, 0) is 55.0 Å². The number of likely N-dealkylation sites (tertiary alicyclic amines) is 1. The first-order chi connectivity index (χ1) is 12.7. The van der Waals surface area contributed by atoms with E-state index in [2.05, 4.69) is 72.3 Å². The minimum Gasteiger partial charge on any atom is -0.361 e. The van der Waals surface area contributed by atoms with Crippen LogP contribution in [0.15, 0.2) is 48.7 Å². The van der Waals surface area contributed by atoms with Gasteiger partial charge in [0.15, 0.2) is 0 Å². The number of nitriles is 1. The van der Waals surface area contributed by atoms with Gasteiger partial charge in [-0.25, -0.2) is 0 Å². The Morgan fingerprint density at radius 2 is 1.96 bits per heavy atom. The Balaban J connectivity index is 1.70. The molecular formula is C23H25N3. The lowest BCUT2D eigenvalue weighted by molar-refractivity contribution is 0.121. The normalized spacial score (nSPS) is 21.0. The lowest BCUT2D eigenvalue weighted by atomic mass is 9.87. The smallest absolute Gasteiger partial charge is 0.0657 e. The molecule has 1 aromatic heterocycles. The van der Waals surface area contributed by atoms with Crippen molar-refractivity contribution in [1.29, 1.82) is 5.26 Å². The van der Waals surface area contributed by atoms with Crippen LogP contribution in [0.3, 0.4) is 0 Å². The summed E-state index contributed by atoms with van der Waals surface area (Å²) in [5.41, 5.74) is 6.62. The third-order valence-electron chi connectivity index (χ3n) is 5.82. The number of nitrogens with one attached hydrogen (secondary N) is 1. The number of hydrogen-bond acceptors (Lipinski definition) is 2. The molecule has 1 fully saturated rings. The van der Waals surface area contributed by atoms with Crippen molar-refractivity contribution in [3.05, 3.63) is 70.9 Å². The highest BCUT2D eigenvalue weighted by atomic mass is 15.2. The van der Waals surface area contributed by atoms with Crippen molar-refractivity contribution in [2.24, 2.45) is 5.92 Å². The molecule has 1 aliphatic heterocycles. The summed E-state index contributed by atoms with van der Waals surface area (Å²) in [7, 11) is 0. The van der Waals surface area contributed by atoms with Gasteiger partial charge in [0.25, 0.3) is 0 Å². The zero-order chi connectivity index (χ0) is 18.1. The second kappa shape index (κ2) is 6.97. The minimum absolute atomic E-state index is 0.155. The number of hydrogen-bond donors (Lipinski definition) is 1. The Bertz CT molecular complexity index is 949. The average molecular weight is 343 g/mol. The van der Waals surface area contributed by atoms with Crippen LogP contribution in [0.5, 0.6) is 0 Å². The molecule has 0 radical (unpaired) electrons. The standard InChI is InChI=1S/C23H25N3/c1-16-12-17(2)23-20(8-10-25-23)21(16)15-26-11-9-18(14-24)13-22(26)19-6-4-3-5-7-19/h3-8,10,12,18,22,25H,9,11,13,15H2,1-2H3. The second-order valence-corrected chi connectivity index (χ2v) is 7.50. The van der Waals surface area contributed by atoms with Crippen molar-refractivity contribution in [3.8, 4) is 6.07 Å². The van der Waals surface area contributed by atoms with Crippen LogP contribution in [0.4, 0.5) is 0 Å². The van der Waals surface area contributed by atoms with E-state index >= 15 is 0 Å². The van der Waals surface area contributed by atoms with Crippen LogP contribution < -0.4 is 0 Å². The number of aryl methyl sites for hydroxylation is 2. The molecule has 3 aromatic rings. The van der Waals surface area contributed by atoms with Gasteiger partial charge in [-0.1, -0.05) is 36.4 Å². The minimum atomic E-state index is 0.155. The van der Waals surface area contributed by atoms with E-state index in [1.165, 1.54) is 33.2 Å². The van der Waals surface area contributed by atoms with Crippen molar-refractivity contribution < 1.29 is 0 Å². The second-order valence-electron chi connectivity index (χ2n) is 7.50. The van der Waals surface area contributed by atoms with E-state index in [0.29, 0.717) is 6.04 Å². The number of nitrogens with zero attached hydrogens (tertiary/aromatic N) is 2. The number of piperidine rings is 1. The van der Waals surface area contributed by atoms with E-state index in [0.717, 1.165) is 25.9 Å². The number of aromatic amines is 1. The first-order valence-electron chi connectivity index (χ1n) is 9.42. The van der Waals surface area contributed by atoms with E-state index in [4.69, 9.17) is 0 Å². The Morgan fingerprint density at radius 3 is 2.73 bits per heavy atom. The summed E-state index contributed by atoms with van der Waals surface area (Å²) in [5, 5.41) is 10.8. The first kappa shape index (κ1) is 16.9. The summed E-state index contributed by atoms with van der Waals surface area (Å²) in [6.45, 7) is 6.28. The summed E-state index contributed by atoms with van der Waals surface area (Å²) in [5.74, 6) is 0.155. The molecule has 2 aromatic carbocycles. The first-order valence-corrected chi connectivity index (χ1v) is 9.42. The molecule has 2 heterocycles. The van der Waals surface area contributed by atoms with Gasteiger partial charge in [0.2, 0.25) is 0 Å². The summed E-state index contributed by atoms with van der Waals surface area (Å²) >= 11 is 0. The molecule has 0 amide bonds. The zero-order valence-corrected chi connectivity index (χ0v) is 15.5. The van der Waals surface area contributed by atoms with Crippen molar-refractivity contribution in [2.75, 3.05) is 6.54 Å². The van der Waals surface area contributed by atoms with E-state index in [-0.39, 0.29) is 5.92 Å². The molecule has 2 atom stereocenters. The topological polar surface area (TPSA) is 42.8 Å². The monoisotopic (exact) mass is 343 g/mol. The fourth-order valence-electron chi connectivity index (χ4n) is 4.40. The van der Waals surface area contributed by atoms with E-state index in [1.807, 2.05) is 6.20 Å². The molecule has 26 heavy (non-hydrogen) atoms. The maximum atomic E-state index is 9.45. The highest BCUT2D eigenvalue weighted by molar-refractivity contribution is 5.86. The molecule has 0 spiro atoms. The molecule has 3 heteroatoms. The number of H-pyrrole nitrogens is 1. The SMILES string of the molecule is Cc1cc(C)c2[nH]ccc2c1CN1CCC(C#N)CC1c1ccccc1. The average Bonchev–Trinajstić information content (AvgIpc) is 3.16. The van der Waals surface area contributed by atoms with Gasteiger partial charge >= 0.3 is 0 Å². The molecule has 0 saturated carbocycles. The van der Waals surface area contributed by atoms with Gasteiger partial charge in [-0.15, -0.1) is 0 Å².